The van der Waals surface area contributed by atoms with E-state index in [2.05, 4.69) is 32.6 Å². The Labute approximate surface area is 116 Å². The molecule has 0 aliphatic heterocycles. The summed E-state index contributed by atoms with van der Waals surface area (Å²) in [5, 5.41) is 0. The van der Waals surface area contributed by atoms with Gasteiger partial charge in [-0.1, -0.05) is 0 Å². The second-order valence-electron chi connectivity index (χ2n) is 6.26. The van der Waals surface area contributed by atoms with Crippen LogP contribution >= 0.6 is 0 Å². The summed E-state index contributed by atoms with van der Waals surface area (Å²) < 4.78 is 6.36. The van der Waals surface area contributed by atoms with E-state index in [1.807, 2.05) is 0 Å². The van der Waals surface area contributed by atoms with Gasteiger partial charge in [0, 0.05) is 0 Å². The van der Waals surface area contributed by atoms with Crippen LogP contribution in [0, 0.1) is 5.41 Å². The molecule has 1 aliphatic carbocycles. The standard InChI is InChI=1S/C14H27OSi.Cu/c1-6-8-10-14(11-9-12-14)13(7-2)15-16(3,4)5;/h2,7,13H,6,8-12H2,1,3-5H3;. The third-order valence-electron chi connectivity index (χ3n) is 3.69. The molecule has 0 bridgehead atoms. The molecule has 0 heterocycles. The van der Waals surface area contributed by atoms with Gasteiger partial charge in [0.25, 0.3) is 0 Å². The van der Waals surface area contributed by atoms with E-state index in [9.17, 15) is 0 Å². The topological polar surface area (TPSA) is 9.23 Å². The van der Waals surface area contributed by atoms with Crippen molar-refractivity contribution in [3.05, 3.63) is 11.1 Å². The first-order valence-corrected chi connectivity index (χ1v) is 10.8. The Hall–Kier alpha value is 0.436. The van der Waals surface area contributed by atoms with Crippen molar-refractivity contribution >= 4 is 8.32 Å². The van der Waals surface area contributed by atoms with Crippen molar-refractivity contribution in [1.82, 2.24) is 0 Å². The van der Waals surface area contributed by atoms with Gasteiger partial charge in [-0.3, -0.25) is 0 Å². The van der Waals surface area contributed by atoms with Crippen molar-refractivity contribution in [2.24, 2.45) is 5.41 Å². The van der Waals surface area contributed by atoms with E-state index in [-0.39, 0.29) is 6.10 Å². The van der Waals surface area contributed by atoms with Crippen molar-refractivity contribution in [1.29, 1.82) is 0 Å². The Kier molecular flexibility index (Phi) is 5.98. The van der Waals surface area contributed by atoms with Gasteiger partial charge in [0.15, 0.2) is 0 Å². The van der Waals surface area contributed by atoms with Crippen molar-refractivity contribution in [2.75, 3.05) is 0 Å². The van der Waals surface area contributed by atoms with Crippen LogP contribution < -0.4 is 0 Å². The monoisotopic (exact) mass is 302 g/mol. The molecule has 1 saturated carbocycles. The van der Waals surface area contributed by atoms with E-state index in [4.69, 9.17) is 20.4 Å². The van der Waals surface area contributed by atoms with Crippen molar-refractivity contribution in [3.8, 4) is 0 Å². The van der Waals surface area contributed by atoms with Crippen LogP contribution in [0.5, 0.6) is 0 Å². The quantitative estimate of drug-likeness (QED) is 0.623. The number of rotatable bonds is 7. The zero-order valence-corrected chi connectivity index (χ0v) is 13.6. The second kappa shape index (κ2) is 6.56. The Balaban J connectivity index is 2.72. The fourth-order valence-corrected chi connectivity index (χ4v) is 3.89. The fourth-order valence-electron chi connectivity index (χ4n) is 2.64. The Morgan fingerprint density at radius 3 is 2.35 bits per heavy atom. The minimum absolute atomic E-state index is 0.265. The van der Waals surface area contributed by atoms with Crippen LogP contribution in [0.1, 0.15) is 45.4 Å². The van der Waals surface area contributed by atoms with E-state index in [1.54, 1.807) is 4.97 Å². The fraction of sp³-hybridized carbons (Fsp3) is 0.857. The molecule has 0 amide bonds. The van der Waals surface area contributed by atoms with Gasteiger partial charge < -0.3 is 0 Å². The first-order chi connectivity index (χ1) is 7.93. The van der Waals surface area contributed by atoms with Gasteiger partial charge in [-0.25, -0.2) is 0 Å². The van der Waals surface area contributed by atoms with Crippen LogP contribution in [0.2, 0.25) is 19.6 Å². The summed E-state index contributed by atoms with van der Waals surface area (Å²) in [5.41, 5.74) is 0.405. The maximum atomic E-state index is 6.36. The van der Waals surface area contributed by atoms with Crippen LogP contribution in [0.4, 0.5) is 0 Å². The average molecular weight is 303 g/mol. The Bertz CT molecular complexity index is 253. The molecule has 1 fully saturated rings. The number of hydrogen-bond donors (Lipinski definition) is 0. The number of unbranched alkanes of at least 4 members (excludes halogenated alkanes) is 1. The van der Waals surface area contributed by atoms with E-state index in [1.165, 1.54) is 38.5 Å². The molecule has 0 spiro atoms. The molecular formula is C14H27CuOSi. The zero-order valence-electron chi connectivity index (χ0n) is 11.7. The average Bonchev–Trinajstić information content (AvgIpc) is 2.14. The molecule has 0 radical (unpaired) electrons. The normalized spacial score (nSPS) is 21.5. The maximum absolute atomic E-state index is 6.36. The molecule has 1 aliphatic rings. The molecule has 3 heteroatoms. The summed E-state index contributed by atoms with van der Waals surface area (Å²) in [7, 11) is -1.49. The summed E-state index contributed by atoms with van der Waals surface area (Å²) in [5.74, 6) is 0. The van der Waals surface area contributed by atoms with Gasteiger partial charge in [-0.2, -0.15) is 0 Å². The SMILES string of the molecule is CCCCC1(C(/C=[CH]/[Cu])O[Si](C)(C)C)CCC1. The predicted octanol–water partition coefficient (Wildman–Crippen LogP) is 4.63. The molecule has 0 N–H and O–H groups in total. The van der Waals surface area contributed by atoms with Crippen LogP contribution in [0.25, 0.3) is 0 Å². The van der Waals surface area contributed by atoms with Crippen molar-refractivity contribution < 1.29 is 20.4 Å². The van der Waals surface area contributed by atoms with Crippen LogP contribution in [0.3, 0.4) is 0 Å². The van der Waals surface area contributed by atoms with Crippen LogP contribution in [0.15, 0.2) is 11.1 Å². The minimum atomic E-state index is -1.49. The third kappa shape index (κ3) is 4.55. The van der Waals surface area contributed by atoms with Gasteiger partial charge in [-0.05, 0) is 0 Å². The summed E-state index contributed by atoms with van der Waals surface area (Å²) in [6, 6.07) is 0. The predicted molar refractivity (Wildman–Crippen MR) is 73.2 cm³/mol. The van der Waals surface area contributed by atoms with Crippen LogP contribution in [-0.2, 0) is 20.4 Å². The van der Waals surface area contributed by atoms with Gasteiger partial charge in [0.2, 0.25) is 0 Å². The van der Waals surface area contributed by atoms with Gasteiger partial charge in [-0.15, -0.1) is 0 Å². The van der Waals surface area contributed by atoms with Crippen molar-refractivity contribution in [3.63, 3.8) is 0 Å². The summed E-state index contributed by atoms with van der Waals surface area (Å²) >= 11 is 5.17. The Morgan fingerprint density at radius 1 is 1.35 bits per heavy atom. The first kappa shape index (κ1) is 15.5. The van der Waals surface area contributed by atoms with E-state index in [0.717, 1.165) is 0 Å². The zero-order chi connectivity index (χ0) is 12.9. The second-order valence-corrected chi connectivity index (χ2v) is 11.0. The van der Waals surface area contributed by atoms with E-state index >= 15 is 0 Å². The molecule has 0 aromatic rings. The summed E-state index contributed by atoms with van der Waals surface area (Å²) in [6.45, 7) is 9.06. The summed E-state index contributed by atoms with van der Waals surface area (Å²) in [6.07, 6.45) is 10.3. The molecule has 0 saturated heterocycles. The Morgan fingerprint density at radius 2 is 2.00 bits per heavy atom. The molecule has 104 valence electrons. The molecule has 0 aromatic carbocycles. The molecule has 1 unspecified atom stereocenters. The molecule has 1 nitrogen and oxygen atoms in total. The molecule has 1 atom stereocenters. The van der Waals surface area contributed by atoms with Gasteiger partial charge in [0.05, 0.1) is 0 Å². The molecule has 1 rings (SSSR count). The van der Waals surface area contributed by atoms with Crippen LogP contribution in [-0.4, -0.2) is 14.4 Å². The number of hydrogen-bond acceptors (Lipinski definition) is 1. The van der Waals surface area contributed by atoms with Gasteiger partial charge in [0.1, 0.15) is 0 Å². The molecule has 0 aromatic heterocycles. The van der Waals surface area contributed by atoms with Gasteiger partial charge >= 0.3 is 116 Å². The molecule has 17 heavy (non-hydrogen) atoms. The summed E-state index contributed by atoms with van der Waals surface area (Å²) in [4.78, 5) is 1.74. The molecular weight excluding hydrogens is 276 g/mol. The third-order valence-corrected chi connectivity index (χ3v) is 4.84. The van der Waals surface area contributed by atoms with E-state index in [0.29, 0.717) is 5.41 Å². The van der Waals surface area contributed by atoms with E-state index < -0.39 is 8.32 Å². The van der Waals surface area contributed by atoms with Crippen molar-refractivity contribution in [2.45, 2.75) is 71.2 Å². The first-order valence-electron chi connectivity index (χ1n) is 6.84.